The summed E-state index contributed by atoms with van der Waals surface area (Å²) in [5, 5.41) is 4.17. The predicted molar refractivity (Wildman–Crippen MR) is 72.6 cm³/mol. The van der Waals surface area contributed by atoms with Crippen molar-refractivity contribution < 1.29 is 4.42 Å². The molecule has 0 saturated carbocycles. The van der Waals surface area contributed by atoms with Crippen LogP contribution in [0.15, 0.2) is 25.8 Å². The third-order valence-electron chi connectivity index (χ3n) is 1.96. The van der Waals surface area contributed by atoms with Crippen LogP contribution < -0.4 is 5.32 Å². The Morgan fingerprint density at radius 1 is 1.50 bits per heavy atom. The quantitative estimate of drug-likeness (QED) is 0.888. The van der Waals surface area contributed by atoms with E-state index in [-0.39, 0.29) is 0 Å². The summed E-state index contributed by atoms with van der Waals surface area (Å²) in [5.41, 5.74) is 0. The minimum atomic E-state index is 0.700. The van der Waals surface area contributed by atoms with E-state index in [0.29, 0.717) is 4.67 Å². The van der Waals surface area contributed by atoms with Crippen molar-refractivity contribution in [2.24, 2.45) is 0 Å². The number of rotatable bonds is 4. The van der Waals surface area contributed by atoms with Gasteiger partial charge >= 0.3 is 0 Å². The van der Waals surface area contributed by atoms with Crippen LogP contribution in [-0.4, -0.2) is 11.5 Å². The SMILES string of the molecule is CCNCc1cnc(-c2cc(Br)c(Br)o2)s1. The molecule has 0 spiro atoms. The van der Waals surface area contributed by atoms with Crippen LogP contribution >= 0.6 is 43.2 Å². The third kappa shape index (κ3) is 2.74. The highest BCUT2D eigenvalue weighted by atomic mass is 79.9. The molecule has 2 rings (SSSR count). The van der Waals surface area contributed by atoms with Crippen molar-refractivity contribution in [3.05, 3.63) is 26.3 Å². The lowest BCUT2D eigenvalue weighted by molar-refractivity contribution is 0.553. The van der Waals surface area contributed by atoms with Crippen LogP contribution in [-0.2, 0) is 6.54 Å². The second-order valence-electron chi connectivity index (χ2n) is 3.14. The van der Waals surface area contributed by atoms with Gasteiger partial charge in [-0.25, -0.2) is 4.98 Å². The van der Waals surface area contributed by atoms with E-state index in [1.54, 1.807) is 11.3 Å². The maximum Gasteiger partial charge on any atom is 0.184 e. The molecule has 0 aromatic carbocycles. The molecule has 0 bridgehead atoms. The Balaban J connectivity index is 2.18. The zero-order valence-corrected chi connectivity index (χ0v) is 12.6. The number of halogens is 2. The van der Waals surface area contributed by atoms with Crippen LogP contribution in [0.3, 0.4) is 0 Å². The summed E-state index contributed by atoms with van der Waals surface area (Å²) in [5.74, 6) is 0.784. The lowest BCUT2D eigenvalue weighted by Crippen LogP contribution is -2.10. The van der Waals surface area contributed by atoms with Gasteiger partial charge in [0.1, 0.15) is 0 Å². The summed E-state index contributed by atoms with van der Waals surface area (Å²) in [4.78, 5) is 5.55. The van der Waals surface area contributed by atoms with Crippen molar-refractivity contribution in [1.29, 1.82) is 0 Å². The molecule has 86 valence electrons. The lowest BCUT2D eigenvalue weighted by Gasteiger charge is -1.94. The van der Waals surface area contributed by atoms with Gasteiger partial charge in [0.05, 0.1) is 4.47 Å². The van der Waals surface area contributed by atoms with E-state index in [9.17, 15) is 0 Å². The smallest absolute Gasteiger partial charge is 0.184 e. The molecular weight excluding hydrogens is 356 g/mol. The van der Waals surface area contributed by atoms with Crippen LogP contribution in [0, 0.1) is 0 Å². The van der Waals surface area contributed by atoms with E-state index in [1.807, 2.05) is 12.3 Å². The molecule has 0 aliphatic heterocycles. The summed E-state index contributed by atoms with van der Waals surface area (Å²) < 4.78 is 7.12. The maximum atomic E-state index is 5.52. The summed E-state index contributed by atoms with van der Waals surface area (Å²) in [6.45, 7) is 3.91. The van der Waals surface area contributed by atoms with Gasteiger partial charge in [-0.3, -0.25) is 0 Å². The average Bonchev–Trinajstić information content (AvgIpc) is 2.84. The van der Waals surface area contributed by atoms with Crippen molar-refractivity contribution in [2.75, 3.05) is 6.54 Å². The van der Waals surface area contributed by atoms with Gasteiger partial charge in [-0.05, 0) is 38.4 Å². The van der Waals surface area contributed by atoms with Crippen LogP contribution in [0.1, 0.15) is 11.8 Å². The summed E-state index contributed by atoms with van der Waals surface area (Å²) in [6, 6.07) is 1.92. The third-order valence-corrected chi connectivity index (χ3v) is 4.68. The Morgan fingerprint density at radius 2 is 2.31 bits per heavy atom. The zero-order valence-electron chi connectivity index (χ0n) is 8.59. The maximum absolute atomic E-state index is 5.52. The van der Waals surface area contributed by atoms with Gasteiger partial charge in [-0.1, -0.05) is 6.92 Å². The van der Waals surface area contributed by atoms with Crippen molar-refractivity contribution in [2.45, 2.75) is 13.5 Å². The summed E-state index contributed by atoms with van der Waals surface area (Å²) in [6.07, 6.45) is 1.88. The van der Waals surface area contributed by atoms with Crippen LogP contribution in [0.2, 0.25) is 0 Å². The highest BCUT2D eigenvalue weighted by Gasteiger charge is 2.11. The zero-order chi connectivity index (χ0) is 11.5. The van der Waals surface area contributed by atoms with Gasteiger partial charge in [0.15, 0.2) is 15.4 Å². The van der Waals surface area contributed by atoms with Crippen molar-refractivity contribution in [1.82, 2.24) is 10.3 Å². The number of furan rings is 1. The van der Waals surface area contributed by atoms with Crippen LogP contribution in [0.4, 0.5) is 0 Å². The first-order valence-electron chi connectivity index (χ1n) is 4.81. The van der Waals surface area contributed by atoms with E-state index in [2.05, 4.69) is 49.1 Å². The standard InChI is InChI=1S/C10H10Br2N2OS/c1-2-13-4-6-5-14-10(16-6)8-3-7(11)9(12)15-8/h3,5,13H,2,4H2,1H3. The van der Waals surface area contributed by atoms with Gasteiger partial charge in [0.25, 0.3) is 0 Å². The Bertz CT molecular complexity index is 461. The van der Waals surface area contributed by atoms with Gasteiger partial charge < -0.3 is 9.73 Å². The molecule has 0 fully saturated rings. The Kier molecular flexibility index (Phi) is 4.18. The normalized spacial score (nSPS) is 10.9. The monoisotopic (exact) mass is 364 g/mol. The molecule has 0 aliphatic rings. The highest BCUT2D eigenvalue weighted by molar-refractivity contribution is 9.13. The molecule has 2 aromatic heterocycles. The number of hydrogen-bond acceptors (Lipinski definition) is 4. The van der Waals surface area contributed by atoms with Gasteiger partial charge in [-0.15, -0.1) is 11.3 Å². The first-order valence-corrected chi connectivity index (χ1v) is 7.21. The van der Waals surface area contributed by atoms with Gasteiger partial charge in [0, 0.05) is 23.7 Å². The fraction of sp³-hybridized carbons (Fsp3) is 0.300. The first kappa shape index (κ1) is 12.3. The Labute approximate surface area is 115 Å². The molecule has 0 aliphatic carbocycles. The van der Waals surface area contributed by atoms with Gasteiger partial charge in [0.2, 0.25) is 0 Å². The van der Waals surface area contributed by atoms with E-state index < -0.39 is 0 Å². The van der Waals surface area contributed by atoms with Gasteiger partial charge in [-0.2, -0.15) is 0 Å². The van der Waals surface area contributed by atoms with Crippen molar-refractivity contribution >= 4 is 43.2 Å². The second-order valence-corrected chi connectivity index (χ2v) is 5.83. The van der Waals surface area contributed by atoms with Crippen molar-refractivity contribution in [3.63, 3.8) is 0 Å². The molecule has 2 heterocycles. The molecule has 3 nitrogen and oxygen atoms in total. The van der Waals surface area contributed by atoms with E-state index in [4.69, 9.17) is 4.42 Å². The fourth-order valence-corrected chi connectivity index (χ4v) is 2.62. The fourth-order valence-electron chi connectivity index (χ4n) is 1.20. The molecule has 0 radical (unpaired) electrons. The van der Waals surface area contributed by atoms with E-state index in [0.717, 1.165) is 28.3 Å². The Hall–Kier alpha value is -0.170. The number of hydrogen-bond donors (Lipinski definition) is 1. The minimum Gasteiger partial charge on any atom is -0.446 e. The number of aromatic nitrogens is 1. The number of thiazole rings is 1. The topological polar surface area (TPSA) is 38.1 Å². The molecule has 16 heavy (non-hydrogen) atoms. The average molecular weight is 366 g/mol. The Morgan fingerprint density at radius 3 is 2.94 bits per heavy atom. The second kappa shape index (κ2) is 5.44. The molecule has 0 atom stereocenters. The molecule has 2 aromatic rings. The highest BCUT2D eigenvalue weighted by Crippen LogP contribution is 2.34. The minimum absolute atomic E-state index is 0.700. The molecular formula is C10H10Br2N2OS. The molecule has 0 amide bonds. The largest absolute Gasteiger partial charge is 0.446 e. The van der Waals surface area contributed by atoms with Crippen LogP contribution in [0.25, 0.3) is 10.8 Å². The molecule has 0 saturated heterocycles. The van der Waals surface area contributed by atoms with E-state index in [1.165, 1.54) is 4.88 Å². The molecule has 6 heteroatoms. The van der Waals surface area contributed by atoms with Crippen molar-refractivity contribution in [3.8, 4) is 10.8 Å². The number of nitrogens with zero attached hydrogens (tertiary/aromatic N) is 1. The molecule has 1 N–H and O–H groups in total. The predicted octanol–water partition coefficient (Wildman–Crippen LogP) is 4.04. The van der Waals surface area contributed by atoms with E-state index >= 15 is 0 Å². The molecule has 0 unspecified atom stereocenters. The summed E-state index contributed by atoms with van der Waals surface area (Å²) >= 11 is 8.34. The lowest BCUT2D eigenvalue weighted by atomic mass is 10.5. The summed E-state index contributed by atoms with van der Waals surface area (Å²) in [7, 11) is 0. The number of nitrogens with one attached hydrogen (secondary N) is 1. The van der Waals surface area contributed by atoms with Crippen LogP contribution in [0.5, 0.6) is 0 Å². The first-order chi connectivity index (χ1) is 7.70.